The highest BCUT2D eigenvalue weighted by Crippen LogP contribution is 2.24. The number of aromatic amines is 1. The Bertz CT molecular complexity index is 1100. The van der Waals surface area contributed by atoms with Gasteiger partial charge in [0.25, 0.3) is 0 Å². The molecule has 0 aliphatic heterocycles. The van der Waals surface area contributed by atoms with Crippen LogP contribution in [0.2, 0.25) is 0 Å². The normalized spacial score (nSPS) is 11.9. The SMILES string of the molecule is O=C(Cc1c[nH]c2ccccc12)OC(C(=O)c1ccccc1)c1ccccc1. The monoisotopic (exact) mass is 369 g/mol. The number of carbonyl (C=O) groups is 2. The van der Waals surface area contributed by atoms with Gasteiger partial charge >= 0.3 is 5.97 Å². The zero-order chi connectivity index (χ0) is 19.3. The largest absolute Gasteiger partial charge is 0.449 e. The second-order valence-corrected chi connectivity index (χ2v) is 6.55. The Kier molecular flexibility index (Phi) is 5.02. The molecule has 138 valence electrons. The summed E-state index contributed by atoms with van der Waals surface area (Å²) < 4.78 is 5.67. The number of H-pyrrole nitrogens is 1. The number of hydrogen-bond donors (Lipinski definition) is 1. The minimum atomic E-state index is -0.971. The first-order valence-electron chi connectivity index (χ1n) is 9.11. The lowest BCUT2D eigenvalue weighted by Crippen LogP contribution is -2.21. The number of esters is 1. The van der Waals surface area contributed by atoms with Crippen molar-refractivity contribution in [1.29, 1.82) is 0 Å². The van der Waals surface area contributed by atoms with Crippen LogP contribution >= 0.6 is 0 Å². The number of fused-ring (bicyclic) bond motifs is 1. The van der Waals surface area contributed by atoms with Gasteiger partial charge in [-0.05, 0) is 11.6 Å². The van der Waals surface area contributed by atoms with E-state index in [0.29, 0.717) is 11.1 Å². The number of para-hydroxylation sites is 1. The first-order valence-corrected chi connectivity index (χ1v) is 9.11. The van der Waals surface area contributed by atoms with Gasteiger partial charge in [0.05, 0.1) is 6.42 Å². The summed E-state index contributed by atoms with van der Waals surface area (Å²) in [6, 6.07) is 25.8. The molecule has 0 radical (unpaired) electrons. The highest BCUT2D eigenvalue weighted by molar-refractivity contribution is 6.01. The molecule has 4 aromatic rings. The second kappa shape index (κ2) is 7.92. The molecule has 4 nitrogen and oxygen atoms in total. The Morgan fingerprint density at radius 1 is 0.821 bits per heavy atom. The molecule has 0 aliphatic rings. The minimum absolute atomic E-state index is 0.0927. The molecule has 0 fully saturated rings. The summed E-state index contributed by atoms with van der Waals surface area (Å²) >= 11 is 0. The van der Waals surface area contributed by atoms with Crippen molar-refractivity contribution in [1.82, 2.24) is 4.98 Å². The summed E-state index contributed by atoms with van der Waals surface area (Å²) in [5, 5.41) is 0.977. The van der Waals surface area contributed by atoms with Gasteiger partial charge in [-0.2, -0.15) is 0 Å². The summed E-state index contributed by atoms with van der Waals surface area (Å²) in [4.78, 5) is 28.8. The molecule has 4 heteroatoms. The second-order valence-electron chi connectivity index (χ2n) is 6.55. The third-order valence-electron chi connectivity index (χ3n) is 4.66. The molecule has 28 heavy (non-hydrogen) atoms. The van der Waals surface area contributed by atoms with Gasteiger partial charge in [-0.3, -0.25) is 9.59 Å². The lowest BCUT2D eigenvalue weighted by atomic mass is 10.00. The predicted molar refractivity (Wildman–Crippen MR) is 108 cm³/mol. The molecule has 3 aromatic carbocycles. The molecule has 0 aliphatic carbocycles. The van der Waals surface area contributed by atoms with Crippen LogP contribution in [0.5, 0.6) is 0 Å². The number of Topliss-reactive ketones (excluding diaryl/α,β-unsaturated/α-hetero) is 1. The Hall–Kier alpha value is -3.66. The van der Waals surface area contributed by atoms with Gasteiger partial charge in [0.15, 0.2) is 6.10 Å². The number of aromatic nitrogens is 1. The molecule has 1 atom stereocenters. The van der Waals surface area contributed by atoms with Crippen molar-refractivity contribution in [3.05, 3.63) is 108 Å². The van der Waals surface area contributed by atoms with Crippen LogP contribution in [0.1, 0.15) is 27.6 Å². The van der Waals surface area contributed by atoms with E-state index in [1.165, 1.54) is 0 Å². The predicted octanol–water partition coefficient (Wildman–Crippen LogP) is 4.88. The number of rotatable bonds is 6. The van der Waals surface area contributed by atoms with Crippen molar-refractivity contribution in [2.45, 2.75) is 12.5 Å². The van der Waals surface area contributed by atoms with E-state index in [1.807, 2.05) is 54.7 Å². The van der Waals surface area contributed by atoms with E-state index in [9.17, 15) is 9.59 Å². The van der Waals surface area contributed by atoms with Crippen molar-refractivity contribution >= 4 is 22.7 Å². The number of benzene rings is 3. The third-order valence-corrected chi connectivity index (χ3v) is 4.66. The van der Waals surface area contributed by atoms with Gasteiger partial charge in [0, 0.05) is 28.2 Å². The van der Waals surface area contributed by atoms with E-state index in [-0.39, 0.29) is 12.2 Å². The van der Waals surface area contributed by atoms with Gasteiger partial charge in [-0.1, -0.05) is 78.9 Å². The summed E-state index contributed by atoms with van der Waals surface area (Å²) in [5.41, 5.74) is 2.98. The van der Waals surface area contributed by atoms with Crippen LogP contribution in [0.15, 0.2) is 91.1 Å². The molecule has 0 spiro atoms. The number of hydrogen-bond acceptors (Lipinski definition) is 3. The Morgan fingerprint density at radius 2 is 1.46 bits per heavy atom. The van der Waals surface area contributed by atoms with Gasteiger partial charge in [0.1, 0.15) is 0 Å². The van der Waals surface area contributed by atoms with Crippen molar-refractivity contribution in [2.75, 3.05) is 0 Å². The lowest BCUT2D eigenvalue weighted by molar-refractivity contribution is -0.146. The standard InChI is InChI=1S/C24H19NO3/c26-22(15-19-16-25-21-14-8-7-13-20(19)21)28-24(18-11-5-2-6-12-18)23(27)17-9-3-1-4-10-17/h1-14,16,24-25H,15H2. The van der Waals surface area contributed by atoms with E-state index < -0.39 is 12.1 Å². The zero-order valence-corrected chi connectivity index (χ0v) is 15.2. The fourth-order valence-corrected chi connectivity index (χ4v) is 3.26. The van der Waals surface area contributed by atoms with Crippen LogP contribution in [0.3, 0.4) is 0 Å². The molecule has 1 unspecified atom stereocenters. The molecule has 0 saturated carbocycles. The smallest absolute Gasteiger partial charge is 0.311 e. The maximum Gasteiger partial charge on any atom is 0.311 e. The van der Waals surface area contributed by atoms with Crippen molar-refractivity contribution in [3.8, 4) is 0 Å². The van der Waals surface area contributed by atoms with Crippen LogP contribution in [0.4, 0.5) is 0 Å². The van der Waals surface area contributed by atoms with Crippen LogP contribution in [-0.2, 0) is 16.0 Å². The third kappa shape index (κ3) is 3.71. The molecular formula is C24H19NO3. The molecule has 1 N–H and O–H groups in total. The fraction of sp³-hybridized carbons (Fsp3) is 0.0833. The molecule has 1 aromatic heterocycles. The Labute approximate surface area is 162 Å². The molecule has 0 amide bonds. The Balaban J connectivity index is 1.58. The first kappa shape index (κ1) is 17.7. The topological polar surface area (TPSA) is 59.2 Å². The van der Waals surface area contributed by atoms with Crippen molar-refractivity contribution in [3.63, 3.8) is 0 Å². The molecule has 1 heterocycles. The molecule has 0 saturated heterocycles. The van der Waals surface area contributed by atoms with Crippen molar-refractivity contribution in [2.24, 2.45) is 0 Å². The highest BCUT2D eigenvalue weighted by Gasteiger charge is 2.26. The number of ketones is 1. The van der Waals surface area contributed by atoms with Gasteiger partial charge in [-0.25, -0.2) is 0 Å². The summed E-state index contributed by atoms with van der Waals surface area (Å²) in [6.45, 7) is 0. The highest BCUT2D eigenvalue weighted by atomic mass is 16.5. The molecular weight excluding hydrogens is 350 g/mol. The quantitative estimate of drug-likeness (QED) is 0.389. The van der Waals surface area contributed by atoms with E-state index in [2.05, 4.69) is 4.98 Å². The minimum Gasteiger partial charge on any atom is -0.449 e. The zero-order valence-electron chi connectivity index (χ0n) is 15.2. The number of ether oxygens (including phenoxy) is 1. The van der Waals surface area contributed by atoms with Crippen LogP contribution in [0, 0.1) is 0 Å². The molecule has 4 rings (SSSR count). The average Bonchev–Trinajstić information content (AvgIpc) is 3.15. The van der Waals surface area contributed by atoms with Crippen LogP contribution < -0.4 is 0 Å². The van der Waals surface area contributed by atoms with Crippen LogP contribution in [0.25, 0.3) is 10.9 Å². The van der Waals surface area contributed by atoms with Crippen LogP contribution in [-0.4, -0.2) is 16.7 Å². The first-order chi connectivity index (χ1) is 13.7. The van der Waals surface area contributed by atoms with E-state index in [4.69, 9.17) is 4.74 Å². The van der Waals surface area contributed by atoms with Crippen molar-refractivity contribution < 1.29 is 14.3 Å². The number of carbonyl (C=O) groups excluding carboxylic acids is 2. The fourth-order valence-electron chi connectivity index (χ4n) is 3.26. The van der Waals surface area contributed by atoms with E-state index in [1.54, 1.807) is 36.4 Å². The summed E-state index contributed by atoms with van der Waals surface area (Å²) in [7, 11) is 0. The van der Waals surface area contributed by atoms with Gasteiger partial charge < -0.3 is 9.72 Å². The summed E-state index contributed by atoms with van der Waals surface area (Å²) in [6.07, 6.45) is 0.930. The average molecular weight is 369 g/mol. The van der Waals surface area contributed by atoms with E-state index in [0.717, 1.165) is 16.5 Å². The lowest BCUT2D eigenvalue weighted by Gasteiger charge is -2.17. The molecule has 0 bridgehead atoms. The maximum absolute atomic E-state index is 13.0. The van der Waals surface area contributed by atoms with Gasteiger partial charge in [-0.15, -0.1) is 0 Å². The summed E-state index contributed by atoms with van der Waals surface area (Å²) in [5.74, 6) is -0.679. The van der Waals surface area contributed by atoms with Gasteiger partial charge in [0.2, 0.25) is 5.78 Å². The van der Waals surface area contributed by atoms with E-state index >= 15 is 0 Å². The maximum atomic E-state index is 13.0. The number of nitrogens with one attached hydrogen (secondary N) is 1. The Morgan fingerprint density at radius 3 is 2.21 bits per heavy atom.